The molecule has 3 fully saturated rings. The Morgan fingerprint density at radius 2 is 1.90 bits per heavy atom. The lowest BCUT2D eigenvalue weighted by atomic mass is 9.91. The van der Waals surface area contributed by atoms with Crippen LogP contribution in [0.4, 0.5) is 5.69 Å². The largest absolute Gasteiger partial charge is 0.317 e. The van der Waals surface area contributed by atoms with Crippen LogP contribution >= 0.6 is 0 Å². The van der Waals surface area contributed by atoms with Gasteiger partial charge >= 0.3 is 0 Å². The average Bonchev–Trinajstić information content (AvgIpc) is 3.44. The minimum absolute atomic E-state index is 0.276. The Morgan fingerprint density at radius 1 is 1.19 bits per heavy atom. The second-order valence-corrected chi connectivity index (χ2v) is 7.10. The molecule has 3 nitrogen and oxygen atoms in total. The van der Waals surface area contributed by atoms with Crippen LogP contribution in [0.3, 0.4) is 0 Å². The molecule has 1 heterocycles. The fourth-order valence-corrected chi connectivity index (χ4v) is 3.85. The summed E-state index contributed by atoms with van der Waals surface area (Å²) >= 11 is 0. The summed E-state index contributed by atoms with van der Waals surface area (Å²) in [6, 6.07) is 10.3. The van der Waals surface area contributed by atoms with Crippen molar-refractivity contribution in [3.05, 3.63) is 30.3 Å². The fraction of sp³-hybridized carbons (Fsp3) is 0.611. The maximum Gasteiger partial charge on any atom is 0.230 e. The number of anilines is 1. The van der Waals surface area contributed by atoms with E-state index in [1.54, 1.807) is 0 Å². The molecule has 4 rings (SSSR count). The summed E-state index contributed by atoms with van der Waals surface area (Å²) in [6.45, 7) is 3.09. The van der Waals surface area contributed by atoms with Crippen molar-refractivity contribution in [2.24, 2.45) is 17.3 Å². The van der Waals surface area contributed by atoms with Crippen molar-refractivity contribution in [2.75, 3.05) is 24.5 Å². The predicted molar refractivity (Wildman–Crippen MR) is 84.2 cm³/mol. The number of amides is 1. The molecule has 1 atom stereocenters. The van der Waals surface area contributed by atoms with Gasteiger partial charge in [0.2, 0.25) is 5.91 Å². The lowest BCUT2D eigenvalue weighted by molar-refractivity contribution is -0.120. The van der Waals surface area contributed by atoms with E-state index in [4.69, 9.17) is 0 Å². The van der Waals surface area contributed by atoms with E-state index in [1.165, 1.54) is 25.7 Å². The van der Waals surface area contributed by atoms with E-state index < -0.39 is 0 Å². The van der Waals surface area contributed by atoms with Crippen LogP contribution < -0.4 is 10.2 Å². The molecule has 112 valence electrons. The second kappa shape index (κ2) is 5.13. The molecule has 1 amide bonds. The van der Waals surface area contributed by atoms with Crippen molar-refractivity contribution >= 4 is 11.6 Å². The van der Waals surface area contributed by atoms with E-state index in [0.29, 0.717) is 11.3 Å². The molecular formula is C18H24N2O. The van der Waals surface area contributed by atoms with E-state index in [0.717, 1.165) is 37.7 Å². The molecule has 1 spiro atoms. The number of benzene rings is 1. The number of rotatable bonds is 4. The van der Waals surface area contributed by atoms with Gasteiger partial charge in [0.15, 0.2) is 0 Å². The molecule has 0 aromatic heterocycles. The number of carbonyl (C=O) groups excluding carboxylic acids is 1. The van der Waals surface area contributed by atoms with Gasteiger partial charge in [-0.1, -0.05) is 18.2 Å². The van der Waals surface area contributed by atoms with Crippen molar-refractivity contribution in [3.63, 3.8) is 0 Å². The summed E-state index contributed by atoms with van der Waals surface area (Å²) in [5.41, 5.74) is 1.42. The Morgan fingerprint density at radius 3 is 2.57 bits per heavy atom. The van der Waals surface area contributed by atoms with Gasteiger partial charge in [-0.15, -0.1) is 0 Å². The van der Waals surface area contributed by atoms with Crippen LogP contribution in [0, 0.1) is 17.3 Å². The van der Waals surface area contributed by atoms with Crippen LogP contribution in [-0.4, -0.2) is 25.5 Å². The van der Waals surface area contributed by atoms with Gasteiger partial charge in [0, 0.05) is 18.2 Å². The highest BCUT2D eigenvalue weighted by molar-refractivity contribution is 5.97. The van der Waals surface area contributed by atoms with Gasteiger partial charge in [-0.25, -0.2) is 0 Å². The van der Waals surface area contributed by atoms with E-state index in [9.17, 15) is 4.79 Å². The standard InChI is InChI=1S/C18H24N2O/c21-17(16-12-18(16)8-10-19-11-9-18)20(13-14-6-7-14)15-4-2-1-3-5-15/h1-5,14,16,19H,6-13H2. The van der Waals surface area contributed by atoms with Crippen LogP contribution in [0.15, 0.2) is 30.3 Å². The minimum Gasteiger partial charge on any atom is -0.317 e. The smallest absolute Gasteiger partial charge is 0.230 e. The molecule has 21 heavy (non-hydrogen) atoms. The molecule has 1 N–H and O–H groups in total. The van der Waals surface area contributed by atoms with Gasteiger partial charge in [0.1, 0.15) is 0 Å². The zero-order valence-electron chi connectivity index (χ0n) is 12.6. The van der Waals surface area contributed by atoms with Crippen molar-refractivity contribution in [1.82, 2.24) is 5.32 Å². The SMILES string of the molecule is O=C(C1CC12CCNCC2)N(CC1CC1)c1ccccc1. The first-order valence-electron chi connectivity index (χ1n) is 8.36. The quantitative estimate of drug-likeness (QED) is 0.922. The molecule has 0 bridgehead atoms. The third-order valence-electron chi connectivity index (χ3n) is 5.56. The molecule has 1 aliphatic heterocycles. The minimum atomic E-state index is 0.276. The molecule has 1 aromatic rings. The van der Waals surface area contributed by atoms with E-state index in [2.05, 4.69) is 22.3 Å². The Labute approximate surface area is 126 Å². The summed E-state index contributed by atoms with van der Waals surface area (Å²) in [4.78, 5) is 15.1. The molecule has 1 aromatic carbocycles. The Balaban J connectivity index is 1.52. The fourth-order valence-electron chi connectivity index (χ4n) is 3.85. The van der Waals surface area contributed by atoms with Gasteiger partial charge in [0.25, 0.3) is 0 Å². The van der Waals surface area contributed by atoms with Crippen LogP contribution in [0.25, 0.3) is 0 Å². The zero-order valence-corrected chi connectivity index (χ0v) is 12.6. The van der Waals surface area contributed by atoms with Gasteiger partial charge in [0.05, 0.1) is 0 Å². The maximum absolute atomic E-state index is 13.0. The third kappa shape index (κ3) is 2.59. The number of hydrogen-bond acceptors (Lipinski definition) is 2. The molecule has 1 unspecified atom stereocenters. The lowest BCUT2D eigenvalue weighted by Crippen LogP contribution is -2.37. The van der Waals surface area contributed by atoms with Gasteiger partial charge in [-0.05, 0) is 68.7 Å². The highest BCUT2D eigenvalue weighted by Gasteiger charge is 2.58. The number of para-hydroxylation sites is 1. The normalized spacial score (nSPS) is 26.6. The number of nitrogens with one attached hydrogen (secondary N) is 1. The Kier molecular flexibility index (Phi) is 3.26. The lowest BCUT2D eigenvalue weighted by Gasteiger charge is -2.27. The van der Waals surface area contributed by atoms with Crippen molar-refractivity contribution < 1.29 is 4.79 Å². The van der Waals surface area contributed by atoms with Gasteiger partial charge in [-0.2, -0.15) is 0 Å². The summed E-state index contributed by atoms with van der Waals surface area (Å²) in [6.07, 6.45) is 6.04. The first-order valence-corrected chi connectivity index (χ1v) is 8.36. The molecule has 2 aliphatic carbocycles. The summed E-state index contributed by atoms with van der Waals surface area (Å²) in [5, 5.41) is 3.42. The second-order valence-electron chi connectivity index (χ2n) is 7.10. The molecule has 2 saturated carbocycles. The van der Waals surface area contributed by atoms with E-state index in [-0.39, 0.29) is 5.92 Å². The number of hydrogen-bond donors (Lipinski definition) is 1. The number of piperidine rings is 1. The first-order chi connectivity index (χ1) is 10.3. The molecular weight excluding hydrogens is 260 g/mol. The van der Waals surface area contributed by atoms with Gasteiger partial charge < -0.3 is 10.2 Å². The number of nitrogens with zero attached hydrogens (tertiary/aromatic N) is 1. The topological polar surface area (TPSA) is 32.3 Å². The summed E-state index contributed by atoms with van der Waals surface area (Å²) in [7, 11) is 0. The van der Waals surface area contributed by atoms with E-state index in [1.807, 2.05) is 18.2 Å². The molecule has 1 saturated heterocycles. The summed E-state index contributed by atoms with van der Waals surface area (Å²) < 4.78 is 0. The van der Waals surface area contributed by atoms with Crippen LogP contribution in [0.2, 0.25) is 0 Å². The molecule has 3 heteroatoms. The van der Waals surface area contributed by atoms with Crippen molar-refractivity contribution in [1.29, 1.82) is 0 Å². The third-order valence-corrected chi connectivity index (χ3v) is 5.56. The van der Waals surface area contributed by atoms with Gasteiger partial charge in [-0.3, -0.25) is 4.79 Å². The number of carbonyl (C=O) groups is 1. The van der Waals surface area contributed by atoms with Crippen LogP contribution in [0.1, 0.15) is 32.1 Å². The van der Waals surface area contributed by atoms with Crippen LogP contribution in [0.5, 0.6) is 0 Å². The van der Waals surface area contributed by atoms with Crippen LogP contribution in [-0.2, 0) is 4.79 Å². The maximum atomic E-state index is 13.0. The predicted octanol–water partition coefficient (Wildman–Crippen LogP) is 2.82. The Hall–Kier alpha value is -1.35. The molecule has 3 aliphatic rings. The average molecular weight is 284 g/mol. The first kappa shape index (κ1) is 13.3. The monoisotopic (exact) mass is 284 g/mol. The van der Waals surface area contributed by atoms with E-state index >= 15 is 0 Å². The van der Waals surface area contributed by atoms with Crippen molar-refractivity contribution in [3.8, 4) is 0 Å². The highest BCUT2D eigenvalue weighted by atomic mass is 16.2. The summed E-state index contributed by atoms with van der Waals surface area (Å²) in [5.74, 6) is 1.39. The van der Waals surface area contributed by atoms with Crippen molar-refractivity contribution in [2.45, 2.75) is 32.1 Å². The molecule has 0 radical (unpaired) electrons. The highest BCUT2D eigenvalue weighted by Crippen LogP contribution is 2.59. The zero-order chi connectivity index (χ0) is 14.3. The Bertz CT molecular complexity index is 517.